The third kappa shape index (κ3) is 5.55. The van der Waals surface area contributed by atoms with Gasteiger partial charge in [0.05, 0.1) is 6.04 Å². The molecule has 1 amide bonds. The van der Waals surface area contributed by atoms with Crippen LogP contribution in [0.15, 0.2) is 30.3 Å². The number of aromatic nitrogens is 3. The molecule has 1 aromatic carbocycles. The molecule has 6 heteroatoms. The van der Waals surface area contributed by atoms with Crippen molar-refractivity contribution in [2.75, 3.05) is 6.54 Å². The first-order valence-electron chi connectivity index (χ1n) is 9.87. The van der Waals surface area contributed by atoms with Crippen LogP contribution >= 0.6 is 0 Å². The third-order valence-electron chi connectivity index (χ3n) is 4.70. The van der Waals surface area contributed by atoms with E-state index in [9.17, 15) is 4.79 Å². The molecule has 1 atom stereocenters. The smallest absolute Gasteiger partial charge is 0.410 e. The minimum Gasteiger partial charge on any atom is -0.444 e. The van der Waals surface area contributed by atoms with Crippen LogP contribution < -0.4 is 0 Å². The number of carbonyl (C=O) groups is 1. The number of likely N-dealkylation sites (tertiary alicyclic amines) is 1. The lowest BCUT2D eigenvalue weighted by Gasteiger charge is -2.35. The summed E-state index contributed by atoms with van der Waals surface area (Å²) in [5, 5.41) is 7.47. The highest BCUT2D eigenvalue weighted by Crippen LogP contribution is 2.30. The first-order valence-corrected chi connectivity index (χ1v) is 9.87. The lowest BCUT2D eigenvalue weighted by molar-refractivity contribution is 0.00847. The molecule has 0 radical (unpaired) electrons. The minimum atomic E-state index is -0.499. The van der Waals surface area contributed by atoms with E-state index in [1.165, 1.54) is 5.56 Å². The van der Waals surface area contributed by atoms with Gasteiger partial charge in [0.1, 0.15) is 11.4 Å². The van der Waals surface area contributed by atoms with Crippen molar-refractivity contribution >= 4 is 6.09 Å². The molecule has 1 N–H and O–H groups in total. The second-order valence-corrected chi connectivity index (χ2v) is 8.16. The van der Waals surface area contributed by atoms with Gasteiger partial charge in [0, 0.05) is 13.0 Å². The van der Waals surface area contributed by atoms with Crippen molar-refractivity contribution in [1.29, 1.82) is 0 Å². The lowest BCUT2D eigenvalue weighted by atomic mass is 10.0. The Morgan fingerprint density at radius 3 is 2.74 bits per heavy atom. The highest BCUT2D eigenvalue weighted by molar-refractivity contribution is 5.68. The topological polar surface area (TPSA) is 71.1 Å². The number of rotatable bonds is 5. The summed E-state index contributed by atoms with van der Waals surface area (Å²) < 4.78 is 5.57. The predicted molar refractivity (Wildman–Crippen MR) is 104 cm³/mol. The van der Waals surface area contributed by atoms with Crippen molar-refractivity contribution in [2.24, 2.45) is 0 Å². The number of ether oxygens (including phenoxy) is 1. The van der Waals surface area contributed by atoms with Crippen LogP contribution in [0, 0.1) is 0 Å². The van der Waals surface area contributed by atoms with Gasteiger partial charge < -0.3 is 4.74 Å². The molecule has 1 unspecified atom stereocenters. The fourth-order valence-corrected chi connectivity index (χ4v) is 3.41. The molecule has 1 aliphatic heterocycles. The maximum Gasteiger partial charge on any atom is 0.410 e. The maximum atomic E-state index is 12.6. The molecule has 6 nitrogen and oxygen atoms in total. The molecule has 2 aromatic rings. The van der Waals surface area contributed by atoms with E-state index in [1.807, 2.05) is 26.8 Å². The fourth-order valence-electron chi connectivity index (χ4n) is 3.41. The Kier molecular flexibility index (Phi) is 6.14. The van der Waals surface area contributed by atoms with Gasteiger partial charge in [0.25, 0.3) is 0 Å². The van der Waals surface area contributed by atoms with Crippen molar-refractivity contribution in [3.63, 3.8) is 0 Å². The van der Waals surface area contributed by atoms with Gasteiger partial charge in [-0.05, 0) is 58.4 Å². The summed E-state index contributed by atoms with van der Waals surface area (Å²) in [7, 11) is 0. The van der Waals surface area contributed by atoms with Gasteiger partial charge in [0.15, 0.2) is 5.82 Å². The van der Waals surface area contributed by atoms with Crippen LogP contribution in [0.5, 0.6) is 0 Å². The fraction of sp³-hybridized carbons (Fsp3) is 0.571. The average Bonchev–Trinajstić information content (AvgIpc) is 3.10. The molecule has 27 heavy (non-hydrogen) atoms. The van der Waals surface area contributed by atoms with Gasteiger partial charge in [-0.3, -0.25) is 10.00 Å². The number of aromatic amines is 1. The summed E-state index contributed by atoms with van der Waals surface area (Å²) in [5.74, 6) is 1.59. The third-order valence-corrected chi connectivity index (χ3v) is 4.70. The summed E-state index contributed by atoms with van der Waals surface area (Å²) in [6, 6.07) is 10.4. The van der Waals surface area contributed by atoms with Crippen molar-refractivity contribution in [3.05, 3.63) is 47.5 Å². The first kappa shape index (κ1) is 19.4. The second-order valence-electron chi connectivity index (χ2n) is 8.16. The van der Waals surface area contributed by atoms with Crippen LogP contribution in [0.25, 0.3) is 0 Å². The van der Waals surface area contributed by atoms with Gasteiger partial charge in [0.2, 0.25) is 0 Å². The van der Waals surface area contributed by atoms with Crippen molar-refractivity contribution in [2.45, 2.75) is 70.9 Å². The Morgan fingerprint density at radius 1 is 1.22 bits per heavy atom. The van der Waals surface area contributed by atoms with Crippen LogP contribution in [-0.2, 0) is 17.6 Å². The van der Waals surface area contributed by atoms with Gasteiger partial charge in [-0.25, -0.2) is 9.78 Å². The Labute approximate surface area is 161 Å². The number of carbonyl (C=O) groups excluding carboxylic acids is 1. The zero-order valence-electron chi connectivity index (χ0n) is 16.6. The number of piperidine rings is 1. The molecule has 1 aromatic heterocycles. The van der Waals surface area contributed by atoms with E-state index in [0.717, 1.165) is 44.3 Å². The lowest BCUT2D eigenvalue weighted by Crippen LogP contribution is -2.42. The van der Waals surface area contributed by atoms with Crippen molar-refractivity contribution in [3.8, 4) is 0 Å². The van der Waals surface area contributed by atoms with Gasteiger partial charge in [-0.1, -0.05) is 30.3 Å². The summed E-state index contributed by atoms with van der Waals surface area (Å²) in [5.41, 5.74) is 0.835. The molecule has 1 saturated heterocycles. The summed E-state index contributed by atoms with van der Waals surface area (Å²) in [4.78, 5) is 19.0. The van der Waals surface area contributed by atoms with Gasteiger partial charge >= 0.3 is 6.09 Å². The van der Waals surface area contributed by atoms with Crippen LogP contribution in [0.1, 0.15) is 69.7 Å². The van der Waals surface area contributed by atoms with Gasteiger partial charge in [-0.15, -0.1) is 0 Å². The minimum absolute atomic E-state index is 0.104. The number of nitrogens with zero attached hydrogens (tertiary/aromatic N) is 3. The molecule has 3 rings (SSSR count). The molecule has 146 valence electrons. The number of nitrogens with one attached hydrogen (secondary N) is 1. The summed E-state index contributed by atoms with van der Waals surface area (Å²) >= 11 is 0. The van der Waals surface area contributed by atoms with E-state index in [1.54, 1.807) is 4.90 Å². The molecule has 0 aliphatic carbocycles. The number of aryl methyl sites for hydroxylation is 2. The SMILES string of the molecule is CC(C)(C)OC(=O)N1CCCCC1c1n[nH]c(CCCc2ccccc2)n1. The monoisotopic (exact) mass is 370 g/mol. The van der Waals surface area contributed by atoms with Crippen molar-refractivity contribution in [1.82, 2.24) is 20.1 Å². The number of hydrogen-bond acceptors (Lipinski definition) is 4. The van der Waals surface area contributed by atoms with Crippen LogP contribution in [0.3, 0.4) is 0 Å². The van der Waals surface area contributed by atoms with E-state index < -0.39 is 5.60 Å². The molecule has 0 saturated carbocycles. The predicted octanol–water partition coefficient (Wildman–Crippen LogP) is 4.44. The highest BCUT2D eigenvalue weighted by Gasteiger charge is 2.33. The molecule has 0 bridgehead atoms. The van der Waals surface area contributed by atoms with E-state index in [-0.39, 0.29) is 12.1 Å². The Bertz CT molecular complexity index is 736. The Morgan fingerprint density at radius 2 is 2.00 bits per heavy atom. The number of H-pyrrole nitrogens is 1. The molecule has 2 heterocycles. The van der Waals surface area contributed by atoms with Crippen LogP contribution in [-0.4, -0.2) is 38.3 Å². The van der Waals surface area contributed by atoms with E-state index in [4.69, 9.17) is 4.74 Å². The molecule has 1 fully saturated rings. The normalized spacial score (nSPS) is 17.7. The molecular weight excluding hydrogens is 340 g/mol. The second kappa shape index (κ2) is 8.55. The quantitative estimate of drug-likeness (QED) is 0.844. The highest BCUT2D eigenvalue weighted by atomic mass is 16.6. The molecular formula is C21H30N4O2. The zero-order chi connectivity index (χ0) is 19.3. The number of amides is 1. The number of benzene rings is 1. The maximum absolute atomic E-state index is 12.6. The molecule has 0 spiro atoms. The first-order chi connectivity index (χ1) is 12.9. The van der Waals surface area contributed by atoms with Crippen LogP contribution in [0.2, 0.25) is 0 Å². The summed E-state index contributed by atoms with van der Waals surface area (Å²) in [6.45, 7) is 6.36. The molecule has 1 aliphatic rings. The number of hydrogen-bond donors (Lipinski definition) is 1. The van der Waals surface area contributed by atoms with Gasteiger partial charge in [-0.2, -0.15) is 5.10 Å². The van der Waals surface area contributed by atoms with Crippen LogP contribution in [0.4, 0.5) is 4.79 Å². The Balaban J connectivity index is 1.60. The van der Waals surface area contributed by atoms with E-state index in [2.05, 4.69) is 39.4 Å². The average molecular weight is 370 g/mol. The largest absolute Gasteiger partial charge is 0.444 e. The van der Waals surface area contributed by atoms with Crippen molar-refractivity contribution < 1.29 is 9.53 Å². The van der Waals surface area contributed by atoms with E-state index in [0.29, 0.717) is 12.4 Å². The Hall–Kier alpha value is -2.37. The standard InChI is InChI=1S/C21H30N4O2/c1-21(2,3)27-20(26)25-15-8-7-13-17(25)19-22-18(23-24-19)14-9-12-16-10-5-4-6-11-16/h4-6,10-11,17H,7-9,12-15H2,1-3H3,(H,22,23,24). The summed E-state index contributed by atoms with van der Waals surface area (Å²) in [6.07, 6.45) is 5.54. The zero-order valence-corrected chi connectivity index (χ0v) is 16.6. The van der Waals surface area contributed by atoms with E-state index >= 15 is 0 Å².